The van der Waals surface area contributed by atoms with E-state index in [0.717, 1.165) is 58.1 Å². The Hall–Kier alpha value is -3.57. The number of nitrogens with two attached hydrogens (primary N) is 1. The normalized spacial score (nSPS) is 18.2. The quantitative estimate of drug-likeness (QED) is 0.431. The molecule has 1 aromatic heterocycles. The van der Waals surface area contributed by atoms with E-state index in [0.29, 0.717) is 36.0 Å². The number of hydrogen-bond donors (Lipinski definition) is 3. The SMILES string of the molecule is CC(F)(F)Oc1ccc(NC(=O)c2cnc(N3CCCC3)c(/C(N)=C/C=N/C3CCCCO3)c2)cc1.CO. The van der Waals surface area contributed by atoms with Gasteiger partial charge in [-0.25, -0.2) is 4.98 Å². The van der Waals surface area contributed by atoms with E-state index in [1.54, 1.807) is 18.4 Å². The van der Waals surface area contributed by atoms with Crippen molar-refractivity contribution in [1.29, 1.82) is 0 Å². The molecule has 11 heteroatoms. The Balaban J connectivity index is 0.00000195. The van der Waals surface area contributed by atoms with Gasteiger partial charge in [0, 0.05) is 63.1 Å². The summed E-state index contributed by atoms with van der Waals surface area (Å²) in [5.74, 6) is 0.322. The van der Waals surface area contributed by atoms with Crippen LogP contribution >= 0.6 is 0 Å². The molecular weight excluding hydrogens is 496 g/mol. The third kappa shape index (κ3) is 8.49. The summed E-state index contributed by atoms with van der Waals surface area (Å²) in [6.45, 7) is 3.11. The van der Waals surface area contributed by atoms with E-state index >= 15 is 0 Å². The number of aliphatic hydroxyl groups excluding tert-OH is 1. The van der Waals surface area contributed by atoms with Gasteiger partial charge >= 0.3 is 6.11 Å². The Labute approximate surface area is 221 Å². The van der Waals surface area contributed by atoms with Crippen molar-refractivity contribution in [3.8, 4) is 5.75 Å². The highest BCUT2D eigenvalue weighted by Crippen LogP contribution is 2.28. The second-order valence-electron chi connectivity index (χ2n) is 8.92. The average molecular weight is 532 g/mol. The number of pyridine rings is 1. The van der Waals surface area contributed by atoms with Gasteiger partial charge in [0.25, 0.3) is 5.91 Å². The summed E-state index contributed by atoms with van der Waals surface area (Å²) in [6.07, 6.45) is 6.58. The molecular formula is C27H35F2N5O4. The number of hydrogen-bond acceptors (Lipinski definition) is 8. The molecule has 0 aliphatic carbocycles. The van der Waals surface area contributed by atoms with Gasteiger partial charge in [-0.3, -0.25) is 9.79 Å². The van der Waals surface area contributed by atoms with Crippen molar-refractivity contribution in [1.82, 2.24) is 4.98 Å². The third-order valence-electron chi connectivity index (χ3n) is 5.92. The molecule has 2 aliphatic rings. The number of benzene rings is 1. The van der Waals surface area contributed by atoms with E-state index in [1.807, 2.05) is 0 Å². The summed E-state index contributed by atoms with van der Waals surface area (Å²) in [7, 11) is 1.00. The van der Waals surface area contributed by atoms with Gasteiger partial charge in [-0.2, -0.15) is 8.78 Å². The number of amides is 1. The van der Waals surface area contributed by atoms with Crippen molar-refractivity contribution in [3.05, 3.63) is 53.7 Å². The molecule has 206 valence electrons. The van der Waals surface area contributed by atoms with Crippen LogP contribution < -0.4 is 20.7 Å². The number of aliphatic hydroxyl groups is 1. The lowest BCUT2D eigenvalue weighted by Crippen LogP contribution is -2.22. The van der Waals surface area contributed by atoms with E-state index in [4.69, 9.17) is 15.6 Å². The number of carbonyl (C=O) groups is 1. The Morgan fingerprint density at radius 1 is 1.24 bits per heavy atom. The first-order chi connectivity index (χ1) is 18.3. The number of anilines is 2. The number of rotatable bonds is 8. The van der Waals surface area contributed by atoms with Crippen LogP contribution in [0.3, 0.4) is 0 Å². The van der Waals surface area contributed by atoms with Crippen molar-refractivity contribution in [2.45, 2.75) is 51.4 Å². The summed E-state index contributed by atoms with van der Waals surface area (Å²) >= 11 is 0. The molecule has 2 saturated heterocycles. The van der Waals surface area contributed by atoms with Crippen LogP contribution in [0.2, 0.25) is 0 Å². The largest absolute Gasteiger partial charge is 0.433 e. The first-order valence-electron chi connectivity index (χ1n) is 12.6. The second kappa shape index (κ2) is 13.8. The van der Waals surface area contributed by atoms with Crippen molar-refractivity contribution >= 4 is 29.3 Å². The fraction of sp³-hybridized carbons (Fsp3) is 0.444. The molecule has 38 heavy (non-hydrogen) atoms. The highest BCUT2D eigenvalue weighted by molar-refractivity contribution is 6.05. The van der Waals surface area contributed by atoms with Crippen LogP contribution in [-0.2, 0) is 4.74 Å². The molecule has 3 heterocycles. The minimum Gasteiger partial charge on any atom is -0.433 e. The number of nitrogens with one attached hydrogen (secondary N) is 1. The third-order valence-corrected chi connectivity index (χ3v) is 5.92. The van der Waals surface area contributed by atoms with Gasteiger partial charge < -0.3 is 30.5 Å². The molecule has 0 radical (unpaired) electrons. The Kier molecular flexibility index (Phi) is 10.5. The molecule has 0 saturated carbocycles. The van der Waals surface area contributed by atoms with Gasteiger partial charge in [-0.15, -0.1) is 0 Å². The van der Waals surface area contributed by atoms with Crippen LogP contribution in [0.1, 0.15) is 54.9 Å². The monoisotopic (exact) mass is 531 g/mol. The fourth-order valence-corrected chi connectivity index (χ4v) is 4.14. The zero-order valence-corrected chi connectivity index (χ0v) is 21.7. The van der Waals surface area contributed by atoms with Crippen LogP contribution in [0.25, 0.3) is 5.70 Å². The Morgan fingerprint density at radius 2 is 1.95 bits per heavy atom. The van der Waals surface area contributed by atoms with Crippen LogP contribution in [0, 0.1) is 0 Å². The number of carbonyl (C=O) groups excluding carboxylic acids is 1. The maximum absolute atomic E-state index is 13.0. The fourth-order valence-electron chi connectivity index (χ4n) is 4.14. The van der Waals surface area contributed by atoms with Crippen LogP contribution in [0.4, 0.5) is 20.3 Å². The minimum absolute atomic E-state index is 0.00220. The van der Waals surface area contributed by atoms with Gasteiger partial charge in [0.1, 0.15) is 17.8 Å². The van der Waals surface area contributed by atoms with Gasteiger partial charge in [0.2, 0.25) is 0 Å². The van der Waals surface area contributed by atoms with Gasteiger partial charge in [0.05, 0.1) is 5.56 Å². The van der Waals surface area contributed by atoms with Crippen molar-refractivity contribution in [2.24, 2.45) is 10.7 Å². The molecule has 1 amide bonds. The van der Waals surface area contributed by atoms with Gasteiger partial charge in [0.15, 0.2) is 0 Å². The van der Waals surface area contributed by atoms with E-state index in [-0.39, 0.29) is 12.0 Å². The summed E-state index contributed by atoms with van der Waals surface area (Å²) in [5, 5.41) is 9.75. The lowest BCUT2D eigenvalue weighted by molar-refractivity contribution is -0.158. The maximum atomic E-state index is 13.0. The van der Waals surface area contributed by atoms with Crippen LogP contribution in [0.5, 0.6) is 5.75 Å². The number of ether oxygens (including phenoxy) is 2. The summed E-state index contributed by atoms with van der Waals surface area (Å²) < 4.78 is 36.2. The topological polar surface area (TPSA) is 122 Å². The van der Waals surface area contributed by atoms with Crippen molar-refractivity contribution < 1.29 is 28.2 Å². The van der Waals surface area contributed by atoms with E-state index in [2.05, 4.69) is 24.9 Å². The van der Waals surface area contributed by atoms with E-state index in [9.17, 15) is 13.6 Å². The number of alkyl halides is 2. The minimum atomic E-state index is -3.29. The molecule has 1 atom stereocenters. The lowest BCUT2D eigenvalue weighted by atomic mass is 10.1. The molecule has 0 spiro atoms. The molecule has 1 aromatic carbocycles. The molecule has 2 aliphatic heterocycles. The molecule has 0 bridgehead atoms. The van der Waals surface area contributed by atoms with Crippen LogP contribution in [0.15, 0.2) is 47.6 Å². The highest BCUT2D eigenvalue weighted by Gasteiger charge is 2.23. The number of allylic oxidation sites excluding steroid dienone is 1. The van der Waals surface area contributed by atoms with Crippen molar-refractivity contribution in [3.63, 3.8) is 0 Å². The zero-order valence-electron chi connectivity index (χ0n) is 21.7. The molecule has 4 rings (SSSR count). The highest BCUT2D eigenvalue weighted by atomic mass is 19.3. The Bertz CT molecular complexity index is 1110. The Morgan fingerprint density at radius 3 is 2.58 bits per heavy atom. The molecule has 2 fully saturated rings. The van der Waals surface area contributed by atoms with Gasteiger partial charge in [-0.05, 0) is 68.5 Å². The second-order valence-corrected chi connectivity index (χ2v) is 8.92. The van der Waals surface area contributed by atoms with E-state index in [1.165, 1.54) is 30.5 Å². The maximum Gasteiger partial charge on any atom is 0.394 e. The molecule has 9 nitrogen and oxygen atoms in total. The van der Waals surface area contributed by atoms with Gasteiger partial charge in [-0.1, -0.05) is 0 Å². The van der Waals surface area contributed by atoms with Crippen LogP contribution in [-0.4, -0.2) is 61.4 Å². The summed E-state index contributed by atoms with van der Waals surface area (Å²) in [5.41, 5.74) is 8.26. The smallest absolute Gasteiger partial charge is 0.394 e. The average Bonchev–Trinajstić information content (AvgIpc) is 3.45. The first kappa shape index (κ1) is 29.0. The lowest BCUT2D eigenvalue weighted by Gasteiger charge is -2.21. The van der Waals surface area contributed by atoms with Crippen molar-refractivity contribution in [2.75, 3.05) is 37.0 Å². The number of aromatic nitrogens is 1. The predicted octanol–water partition coefficient (Wildman–Crippen LogP) is 4.43. The number of aliphatic imine (C=N–C) groups is 1. The molecule has 1 unspecified atom stereocenters. The standard InChI is InChI=1S/C26H31F2N5O3.CH4O/c1-26(27,28)36-20-9-7-19(8-10-20)32-25(34)18-16-21(24(31-17-18)33-13-3-4-14-33)22(29)11-12-30-23-6-2-5-15-35-23;1-2/h7-12,16-17,23H,2-6,13-15,29H2,1H3,(H,32,34);2H,1H3/b22-11-,30-12+;. The zero-order chi connectivity index (χ0) is 27.5. The number of halogens is 2. The summed E-state index contributed by atoms with van der Waals surface area (Å²) in [6, 6.07) is 7.42. The van der Waals surface area contributed by atoms with E-state index < -0.39 is 12.0 Å². The molecule has 4 N–H and O–H groups in total. The first-order valence-corrected chi connectivity index (χ1v) is 12.6. The molecule has 2 aromatic rings. The summed E-state index contributed by atoms with van der Waals surface area (Å²) in [4.78, 5) is 24.1. The number of nitrogens with zero attached hydrogens (tertiary/aromatic N) is 3. The predicted molar refractivity (Wildman–Crippen MR) is 144 cm³/mol.